The predicted octanol–water partition coefficient (Wildman–Crippen LogP) is 1.81. The Kier molecular flexibility index (Phi) is 3.61. The number of non-ortho nitro benzene ring substituents is 1. The van der Waals surface area contributed by atoms with Crippen LogP contribution in [-0.2, 0) is 6.54 Å². The monoisotopic (exact) mass is 260 g/mol. The van der Waals surface area contributed by atoms with Crippen molar-refractivity contribution in [2.75, 3.05) is 7.11 Å². The van der Waals surface area contributed by atoms with Gasteiger partial charge in [0.25, 0.3) is 11.2 Å². The molecule has 2 aromatic rings. The summed E-state index contributed by atoms with van der Waals surface area (Å²) in [6, 6.07) is 9.40. The molecule has 98 valence electrons. The third kappa shape index (κ3) is 2.79. The van der Waals surface area contributed by atoms with Gasteiger partial charge in [0.15, 0.2) is 5.75 Å². The van der Waals surface area contributed by atoms with Crippen LogP contribution in [0.15, 0.2) is 47.4 Å². The van der Waals surface area contributed by atoms with Crippen molar-refractivity contribution >= 4 is 5.69 Å². The SMILES string of the molecule is COc1cccn(Cc2ccc([N+](=O)[O-])cc2)c1=O. The molecule has 0 amide bonds. The van der Waals surface area contributed by atoms with Crippen LogP contribution in [0.1, 0.15) is 5.56 Å². The van der Waals surface area contributed by atoms with E-state index < -0.39 is 4.92 Å². The predicted molar refractivity (Wildman–Crippen MR) is 69.5 cm³/mol. The molecule has 0 fully saturated rings. The third-order valence-corrected chi connectivity index (χ3v) is 2.71. The minimum absolute atomic E-state index is 0.0294. The molecule has 0 radical (unpaired) electrons. The maximum atomic E-state index is 11.9. The van der Waals surface area contributed by atoms with E-state index in [1.807, 2.05) is 0 Å². The van der Waals surface area contributed by atoms with E-state index in [9.17, 15) is 14.9 Å². The number of methoxy groups -OCH3 is 1. The smallest absolute Gasteiger partial charge is 0.293 e. The first-order valence-electron chi connectivity index (χ1n) is 5.58. The van der Waals surface area contributed by atoms with Crippen molar-refractivity contribution in [3.05, 3.63) is 68.6 Å². The Labute approximate surface area is 109 Å². The van der Waals surface area contributed by atoms with Crippen LogP contribution in [-0.4, -0.2) is 16.6 Å². The summed E-state index contributed by atoms with van der Waals surface area (Å²) in [5.41, 5.74) is 0.603. The molecule has 0 aliphatic heterocycles. The zero-order valence-corrected chi connectivity index (χ0v) is 10.3. The van der Waals surface area contributed by atoms with Crippen LogP contribution >= 0.6 is 0 Å². The topological polar surface area (TPSA) is 74.4 Å². The number of rotatable bonds is 4. The molecule has 1 heterocycles. The van der Waals surface area contributed by atoms with Gasteiger partial charge in [0.05, 0.1) is 18.6 Å². The van der Waals surface area contributed by atoms with Gasteiger partial charge in [0, 0.05) is 18.3 Å². The van der Waals surface area contributed by atoms with Gasteiger partial charge in [0.2, 0.25) is 0 Å². The van der Waals surface area contributed by atoms with Crippen LogP contribution in [0.3, 0.4) is 0 Å². The summed E-state index contributed by atoms with van der Waals surface area (Å²) in [6.07, 6.45) is 1.65. The van der Waals surface area contributed by atoms with Crippen molar-refractivity contribution in [1.82, 2.24) is 4.57 Å². The summed E-state index contributed by atoms with van der Waals surface area (Å²) in [4.78, 5) is 22.0. The minimum Gasteiger partial charge on any atom is -0.491 e. The standard InChI is InChI=1S/C13H12N2O4/c1-19-12-3-2-8-14(13(12)16)9-10-4-6-11(7-5-10)15(17)18/h2-8H,9H2,1H3. The van der Waals surface area contributed by atoms with Gasteiger partial charge in [-0.15, -0.1) is 0 Å². The van der Waals surface area contributed by atoms with Crippen molar-refractivity contribution < 1.29 is 9.66 Å². The molecule has 0 spiro atoms. The Morgan fingerprint density at radius 3 is 2.53 bits per heavy atom. The van der Waals surface area contributed by atoms with Gasteiger partial charge in [-0.25, -0.2) is 0 Å². The lowest BCUT2D eigenvalue weighted by Gasteiger charge is -2.07. The van der Waals surface area contributed by atoms with E-state index in [2.05, 4.69) is 0 Å². The highest BCUT2D eigenvalue weighted by molar-refractivity contribution is 5.33. The molecule has 0 saturated carbocycles. The molecule has 0 bridgehead atoms. The molecule has 6 nitrogen and oxygen atoms in total. The molecule has 0 unspecified atom stereocenters. The number of benzene rings is 1. The first-order chi connectivity index (χ1) is 9.11. The lowest BCUT2D eigenvalue weighted by Crippen LogP contribution is -2.20. The number of nitrogens with zero attached hydrogens (tertiary/aromatic N) is 2. The summed E-state index contributed by atoms with van der Waals surface area (Å²) in [5.74, 6) is 0.268. The molecule has 2 rings (SSSR count). The fraction of sp³-hybridized carbons (Fsp3) is 0.154. The molecule has 6 heteroatoms. The Bertz CT molecular complexity index is 646. The summed E-state index contributed by atoms with van der Waals surface area (Å²) >= 11 is 0. The number of ether oxygens (including phenoxy) is 1. The van der Waals surface area contributed by atoms with Crippen LogP contribution in [0, 0.1) is 10.1 Å². The zero-order chi connectivity index (χ0) is 13.8. The van der Waals surface area contributed by atoms with Crippen LogP contribution in [0.2, 0.25) is 0 Å². The van der Waals surface area contributed by atoms with E-state index in [1.54, 1.807) is 30.5 Å². The average Bonchev–Trinajstić information content (AvgIpc) is 2.42. The molecular formula is C13H12N2O4. The fourth-order valence-electron chi connectivity index (χ4n) is 1.71. The van der Waals surface area contributed by atoms with Gasteiger partial charge in [-0.3, -0.25) is 14.9 Å². The van der Waals surface area contributed by atoms with Crippen LogP contribution in [0.4, 0.5) is 5.69 Å². The average molecular weight is 260 g/mol. The molecule has 0 saturated heterocycles. The van der Waals surface area contributed by atoms with Gasteiger partial charge in [-0.05, 0) is 17.7 Å². The Balaban J connectivity index is 2.26. The maximum Gasteiger partial charge on any atom is 0.293 e. The lowest BCUT2D eigenvalue weighted by atomic mass is 10.2. The van der Waals surface area contributed by atoms with Crippen LogP contribution < -0.4 is 10.3 Å². The van der Waals surface area contributed by atoms with Crippen molar-refractivity contribution in [2.24, 2.45) is 0 Å². The second-order valence-corrected chi connectivity index (χ2v) is 3.93. The van der Waals surface area contributed by atoms with Crippen molar-refractivity contribution in [3.8, 4) is 5.75 Å². The number of nitro groups is 1. The third-order valence-electron chi connectivity index (χ3n) is 2.71. The molecule has 0 aliphatic carbocycles. The summed E-state index contributed by atoms with van der Waals surface area (Å²) in [5, 5.41) is 10.5. The molecular weight excluding hydrogens is 248 g/mol. The van der Waals surface area contributed by atoms with Crippen molar-refractivity contribution in [3.63, 3.8) is 0 Å². The summed E-state index contributed by atoms with van der Waals surface area (Å²) in [6.45, 7) is 0.341. The highest BCUT2D eigenvalue weighted by atomic mass is 16.6. The maximum absolute atomic E-state index is 11.9. The lowest BCUT2D eigenvalue weighted by molar-refractivity contribution is -0.384. The number of pyridine rings is 1. The number of hydrogen-bond acceptors (Lipinski definition) is 4. The first-order valence-corrected chi connectivity index (χ1v) is 5.58. The zero-order valence-electron chi connectivity index (χ0n) is 10.3. The quantitative estimate of drug-likeness (QED) is 0.620. The summed E-state index contributed by atoms with van der Waals surface area (Å²) < 4.78 is 6.44. The van der Waals surface area contributed by atoms with E-state index in [0.29, 0.717) is 6.54 Å². The van der Waals surface area contributed by atoms with E-state index in [-0.39, 0.29) is 17.0 Å². The number of aromatic nitrogens is 1. The molecule has 1 aromatic carbocycles. The highest BCUT2D eigenvalue weighted by Gasteiger charge is 2.06. The van der Waals surface area contributed by atoms with Crippen molar-refractivity contribution in [1.29, 1.82) is 0 Å². The Morgan fingerprint density at radius 2 is 1.95 bits per heavy atom. The van der Waals surface area contributed by atoms with E-state index in [0.717, 1.165) is 5.56 Å². The van der Waals surface area contributed by atoms with E-state index in [1.165, 1.54) is 23.8 Å². The minimum atomic E-state index is -0.457. The highest BCUT2D eigenvalue weighted by Crippen LogP contribution is 2.12. The number of nitro benzene ring substituents is 1. The number of hydrogen-bond donors (Lipinski definition) is 0. The first kappa shape index (κ1) is 12.8. The normalized spacial score (nSPS) is 10.2. The van der Waals surface area contributed by atoms with E-state index in [4.69, 9.17) is 4.74 Å². The Morgan fingerprint density at radius 1 is 1.26 bits per heavy atom. The van der Waals surface area contributed by atoms with Crippen LogP contribution in [0.5, 0.6) is 5.75 Å². The second-order valence-electron chi connectivity index (χ2n) is 3.93. The van der Waals surface area contributed by atoms with Crippen LogP contribution in [0.25, 0.3) is 0 Å². The molecule has 19 heavy (non-hydrogen) atoms. The fourth-order valence-corrected chi connectivity index (χ4v) is 1.71. The molecule has 0 aliphatic rings. The van der Waals surface area contributed by atoms with Gasteiger partial charge in [-0.2, -0.15) is 0 Å². The van der Waals surface area contributed by atoms with Gasteiger partial charge in [-0.1, -0.05) is 12.1 Å². The van der Waals surface area contributed by atoms with Gasteiger partial charge >= 0.3 is 0 Å². The Hall–Kier alpha value is -2.63. The van der Waals surface area contributed by atoms with E-state index >= 15 is 0 Å². The molecule has 0 atom stereocenters. The molecule has 1 aromatic heterocycles. The molecule has 0 N–H and O–H groups in total. The largest absolute Gasteiger partial charge is 0.491 e. The second kappa shape index (κ2) is 5.34. The summed E-state index contributed by atoms with van der Waals surface area (Å²) in [7, 11) is 1.44. The van der Waals surface area contributed by atoms with Gasteiger partial charge in [0.1, 0.15) is 0 Å². The van der Waals surface area contributed by atoms with Crippen molar-refractivity contribution in [2.45, 2.75) is 6.54 Å². The van der Waals surface area contributed by atoms with Gasteiger partial charge < -0.3 is 9.30 Å².